The van der Waals surface area contributed by atoms with Gasteiger partial charge in [-0.1, -0.05) is 0 Å². The lowest BCUT2D eigenvalue weighted by Crippen LogP contribution is -2.18. The van der Waals surface area contributed by atoms with Crippen LogP contribution >= 0.6 is 0 Å². The van der Waals surface area contributed by atoms with Gasteiger partial charge in [-0.2, -0.15) is 0 Å². The lowest BCUT2D eigenvalue weighted by Gasteiger charge is -2.14. The summed E-state index contributed by atoms with van der Waals surface area (Å²) in [5.74, 6) is 1.19. The number of nitrogens with zero attached hydrogens (tertiary/aromatic N) is 2. The Hall–Kier alpha value is -5.12. The van der Waals surface area contributed by atoms with E-state index in [1.54, 1.807) is 55.9 Å². The molecular weight excluding hydrogens is 564 g/mol. The molecule has 2 heterocycles. The molecule has 0 aliphatic heterocycles. The number of phenolic OH excluding ortho intramolecular Hbond substituents is 1. The van der Waals surface area contributed by atoms with Crippen LogP contribution in [0.15, 0.2) is 70.3 Å². The van der Waals surface area contributed by atoms with Gasteiger partial charge in [0.05, 0.1) is 33.9 Å². The van der Waals surface area contributed by atoms with E-state index in [1.165, 1.54) is 37.4 Å². The van der Waals surface area contributed by atoms with Crippen LogP contribution < -0.4 is 25.1 Å². The van der Waals surface area contributed by atoms with E-state index in [4.69, 9.17) is 14.2 Å². The first-order chi connectivity index (χ1) is 20.9. The van der Waals surface area contributed by atoms with Crippen molar-refractivity contribution in [3.63, 3.8) is 0 Å². The van der Waals surface area contributed by atoms with Crippen LogP contribution in [0.25, 0.3) is 0 Å². The molecule has 1 N–H and O–H groups in total. The number of hydrogen-bond donors (Lipinski definition) is 1. The molecule has 0 spiro atoms. The summed E-state index contributed by atoms with van der Waals surface area (Å²) in [5.41, 5.74) is 3.81. The Bertz CT molecular complexity index is 1730. The number of benzene rings is 2. The molecule has 0 bridgehead atoms. The van der Waals surface area contributed by atoms with Crippen LogP contribution in [0.3, 0.4) is 0 Å². The van der Waals surface area contributed by atoms with Gasteiger partial charge in [0.2, 0.25) is 0 Å². The molecule has 10 nitrogen and oxygen atoms in total. The lowest BCUT2D eigenvalue weighted by molar-refractivity contribution is 0.0962. The Balaban J connectivity index is 0.000000241. The van der Waals surface area contributed by atoms with Gasteiger partial charge in [0.15, 0.2) is 45.4 Å². The van der Waals surface area contributed by atoms with E-state index in [-0.39, 0.29) is 41.3 Å². The molecule has 0 aliphatic carbocycles. The molecule has 0 aliphatic rings. The van der Waals surface area contributed by atoms with Crippen LogP contribution in [0.1, 0.15) is 50.4 Å². The van der Waals surface area contributed by atoms with Gasteiger partial charge >= 0.3 is 0 Å². The van der Waals surface area contributed by atoms with E-state index in [2.05, 4.69) is 0 Å². The number of methoxy groups -OCH3 is 2. The van der Waals surface area contributed by atoms with Gasteiger partial charge in [-0.25, -0.2) is 0 Å². The van der Waals surface area contributed by atoms with Crippen LogP contribution in [0.2, 0.25) is 0 Å². The maximum atomic E-state index is 12.6. The lowest BCUT2D eigenvalue weighted by atomic mass is 10.1. The van der Waals surface area contributed by atoms with Crippen LogP contribution in [0, 0.1) is 27.7 Å². The van der Waals surface area contributed by atoms with Crippen molar-refractivity contribution >= 4 is 11.6 Å². The van der Waals surface area contributed by atoms with Crippen LogP contribution in [-0.4, -0.2) is 46.6 Å². The summed E-state index contributed by atoms with van der Waals surface area (Å²) in [6, 6.07) is 15.7. The third-order valence-electron chi connectivity index (χ3n) is 7.00. The van der Waals surface area contributed by atoms with Gasteiger partial charge in [0, 0.05) is 58.2 Å². The van der Waals surface area contributed by atoms with E-state index >= 15 is 0 Å². The second kappa shape index (κ2) is 14.9. The molecule has 0 radical (unpaired) electrons. The smallest absolute Gasteiger partial charge is 0.182 e. The van der Waals surface area contributed by atoms with Gasteiger partial charge in [-0.3, -0.25) is 19.2 Å². The summed E-state index contributed by atoms with van der Waals surface area (Å²) in [6.45, 7) is 9.87. The minimum Gasteiger partial charge on any atom is -0.504 e. The molecule has 0 saturated carbocycles. The summed E-state index contributed by atoms with van der Waals surface area (Å²) in [4.78, 5) is 47.7. The zero-order valence-corrected chi connectivity index (χ0v) is 26.1. The average Bonchev–Trinajstić information content (AvgIpc) is 2.97. The number of ether oxygens (including phenoxy) is 3. The fourth-order valence-electron chi connectivity index (χ4n) is 4.73. The van der Waals surface area contributed by atoms with Crippen molar-refractivity contribution in [2.24, 2.45) is 0 Å². The number of Topliss-reactive ketones (excluding diaryl/α,β-unsaturated/α-hetero) is 2. The Morgan fingerprint density at radius 3 is 1.43 bits per heavy atom. The zero-order valence-electron chi connectivity index (χ0n) is 26.1. The molecular formula is C34H38N2O8. The van der Waals surface area contributed by atoms with E-state index < -0.39 is 0 Å². The van der Waals surface area contributed by atoms with E-state index in [0.717, 1.165) is 22.8 Å². The number of aryl methyl sites for hydroxylation is 4. The highest BCUT2D eigenvalue weighted by molar-refractivity contribution is 5.97. The Morgan fingerprint density at radius 2 is 1.05 bits per heavy atom. The second-order valence-corrected chi connectivity index (χ2v) is 10.2. The first-order valence-electron chi connectivity index (χ1n) is 14.0. The standard InChI is InChI=1S/C18H21NO4.C16H17NO4/c1-5-23-18-10-14(6-7-17(18)22-4)16(21)11-19-12(2)8-15(20)9-13(19)3;1-10-6-13(18)7-11(2)17(10)9-15(20)12-4-5-16(21-3)14(19)8-12/h6-10H,5,11H2,1-4H3;4-8,19H,9H2,1-3H3. The summed E-state index contributed by atoms with van der Waals surface area (Å²) < 4.78 is 19.3. The van der Waals surface area contributed by atoms with Gasteiger partial charge in [-0.05, 0) is 71.0 Å². The highest BCUT2D eigenvalue weighted by Gasteiger charge is 2.14. The number of carbonyl (C=O) groups is 2. The number of ketones is 2. The van der Waals surface area contributed by atoms with Gasteiger partial charge < -0.3 is 28.5 Å². The fourth-order valence-corrected chi connectivity index (χ4v) is 4.73. The minimum absolute atomic E-state index is 0.0493. The highest BCUT2D eigenvalue weighted by atomic mass is 16.5. The number of aromatic nitrogens is 2. The Kier molecular flexibility index (Phi) is 11.3. The van der Waals surface area contributed by atoms with Gasteiger partial charge in [0.1, 0.15) is 0 Å². The van der Waals surface area contributed by atoms with E-state index in [1.807, 2.05) is 25.3 Å². The zero-order chi connectivity index (χ0) is 32.6. The molecule has 44 heavy (non-hydrogen) atoms. The molecule has 0 saturated heterocycles. The Morgan fingerprint density at radius 1 is 0.636 bits per heavy atom. The van der Waals surface area contributed by atoms with Crippen molar-refractivity contribution in [3.05, 3.63) is 115 Å². The Labute approximate surface area is 256 Å². The monoisotopic (exact) mass is 602 g/mol. The summed E-state index contributed by atoms with van der Waals surface area (Å²) in [7, 11) is 3.01. The quantitative estimate of drug-likeness (QED) is 0.256. The molecule has 0 atom stereocenters. The van der Waals surface area contributed by atoms with Crippen molar-refractivity contribution in [1.82, 2.24) is 9.13 Å². The summed E-state index contributed by atoms with van der Waals surface area (Å²) in [5, 5.41) is 9.73. The molecule has 232 valence electrons. The number of hydrogen-bond acceptors (Lipinski definition) is 8. The van der Waals surface area contributed by atoms with Crippen molar-refractivity contribution < 1.29 is 28.9 Å². The van der Waals surface area contributed by atoms with E-state index in [0.29, 0.717) is 35.0 Å². The number of carbonyl (C=O) groups excluding carboxylic acids is 2. The fraction of sp³-hybridized carbons (Fsp3) is 0.294. The van der Waals surface area contributed by atoms with Crippen LogP contribution in [0.5, 0.6) is 23.0 Å². The molecule has 0 unspecified atom stereocenters. The highest BCUT2D eigenvalue weighted by Crippen LogP contribution is 2.29. The first kappa shape index (κ1) is 33.4. The van der Waals surface area contributed by atoms with Crippen molar-refractivity contribution in [2.45, 2.75) is 47.7 Å². The maximum absolute atomic E-state index is 12.6. The SMILES string of the molecule is CCOc1cc(C(=O)Cn2c(C)cc(=O)cc2C)ccc1OC.COc1ccc(C(=O)Cn2c(C)cc(=O)cc2C)cc1O. The number of rotatable bonds is 10. The summed E-state index contributed by atoms with van der Waals surface area (Å²) >= 11 is 0. The third-order valence-corrected chi connectivity index (χ3v) is 7.00. The number of phenols is 1. The first-order valence-corrected chi connectivity index (χ1v) is 14.0. The van der Waals surface area contributed by atoms with Crippen molar-refractivity contribution in [1.29, 1.82) is 0 Å². The van der Waals surface area contributed by atoms with Crippen LogP contribution in [-0.2, 0) is 13.1 Å². The normalized spacial score (nSPS) is 10.4. The predicted octanol–water partition coefficient (Wildman–Crippen LogP) is 4.82. The molecule has 4 rings (SSSR count). The minimum atomic E-state index is -0.150. The largest absolute Gasteiger partial charge is 0.504 e. The number of aromatic hydroxyl groups is 1. The molecule has 0 fully saturated rings. The molecule has 10 heteroatoms. The third kappa shape index (κ3) is 8.25. The van der Waals surface area contributed by atoms with Crippen molar-refractivity contribution in [3.8, 4) is 23.0 Å². The van der Waals surface area contributed by atoms with Gasteiger partial charge in [-0.15, -0.1) is 0 Å². The van der Waals surface area contributed by atoms with Crippen molar-refractivity contribution in [2.75, 3.05) is 20.8 Å². The molecule has 2 aromatic heterocycles. The average molecular weight is 603 g/mol. The second-order valence-electron chi connectivity index (χ2n) is 10.2. The van der Waals surface area contributed by atoms with Crippen LogP contribution in [0.4, 0.5) is 0 Å². The molecule has 2 aromatic carbocycles. The topological polar surface area (TPSA) is 126 Å². The predicted molar refractivity (Wildman–Crippen MR) is 168 cm³/mol. The van der Waals surface area contributed by atoms with E-state index in [9.17, 15) is 24.3 Å². The van der Waals surface area contributed by atoms with Gasteiger partial charge in [0.25, 0.3) is 0 Å². The molecule has 4 aromatic rings. The summed E-state index contributed by atoms with van der Waals surface area (Å²) in [6.07, 6.45) is 0. The number of pyridine rings is 2. The molecule has 0 amide bonds. The maximum Gasteiger partial charge on any atom is 0.182 e.